The monoisotopic (exact) mass is 235 g/mol. The summed E-state index contributed by atoms with van der Waals surface area (Å²) in [4.78, 5) is 0. The van der Waals surface area contributed by atoms with Crippen molar-refractivity contribution in [3.05, 3.63) is 65.7 Å². The zero-order valence-electron chi connectivity index (χ0n) is 9.95. The van der Waals surface area contributed by atoms with Gasteiger partial charge in [-0.3, -0.25) is 5.01 Å². The number of benzene rings is 2. The Hall–Kier alpha value is -2.31. The Morgan fingerprint density at radius 1 is 1.00 bits per heavy atom. The van der Waals surface area contributed by atoms with E-state index in [1.54, 1.807) is 24.3 Å². The molecule has 2 radical (unpaired) electrons. The highest BCUT2D eigenvalue weighted by molar-refractivity contribution is 5.50. The van der Waals surface area contributed by atoms with E-state index in [0.717, 1.165) is 6.42 Å². The first kappa shape index (κ1) is 12.2. The number of nitriles is 1. The molecule has 0 fully saturated rings. The van der Waals surface area contributed by atoms with Gasteiger partial charge in [-0.25, -0.2) is 0 Å². The minimum atomic E-state index is 0.499. The van der Waals surface area contributed by atoms with Gasteiger partial charge in [0, 0.05) is 6.54 Å². The van der Waals surface area contributed by atoms with Crippen molar-refractivity contribution in [1.82, 2.24) is 5.84 Å². The molecule has 0 spiro atoms. The summed E-state index contributed by atoms with van der Waals surface area (Å²) in [7, 11) is 0. The lowest BCUT2D eigenvalue weighted by Gasteiger charge is -2.15. The molecule has 0 bridgehead atoms. The van der Waals surface area contributed by atoms with E-state index in [4.69, 9.17) is 5.26 Å². The fraction of sp³-hybridized carbons (Fsp3) is 0.133. The number of hydrogen-bond acceptors (Lipinski definition) is 2. The summed E-state index contributed by atoms with van der Waals surface area (Å²) >= 11 is 0. The van der Waals surface area contributed by atoms with Crippen LogP contribution < -0.4 is 10.9 Å². The van der Waals surface area contributed by atoms with Crippen LogP contribution in [0.25, 0.3) is 0 Å². The smallest absolute Gasteiger partial charge is 0.0992 e. The second-order valence-electron chi connectivity index (χ2n) is 4.02. The van der Waals surface area contributed by atoms with Gasteiger partial charge in [-0.2, -0.15) is 5.26 Å². The first-order valence-corrected chi connectivity index (χ1v) is 5.80. The predicted molar refractivity (Wildman–Crippen MR) is 70.8 cm³/mol. The first-order valence-electron chi connectivity index (χ1n) is 5.80. The second-order valence-corrected chi connectivity index (χ2v) is 4.02. The molecule has 2 aromatic carbocycles. The van der Waals surface area contributed by atoms with Crippen LogP contribution in [0.1, 0.15) is 11.1 Å². The summed E-state index contributed by atoms with van der Waals surface area (Å²) in [5.74, 6) is 9.93. The SMILES string of the molecule is [N]N(CCc1ccccc1)c1cccc(C#N)c1. The van der Waals surface area contributed by atoms with Crippen LogP contribution >= 0.6 is 0 Å². The molecule has 2 aromatic rings. The predicted octanol–water partition coefficient (Wildman–Crippen LogP) is 2.59. The van der Waals surface area contributed by atoms with Crippen LogP contribution in [0, 0.1) is 11.3 Å². The van der Waals surface area contributed by atoms with Gasteiger partial charge >= 0.3 is 0 Å². The summed E-state index contributed by atoms with van der Waals surface area (Å²) in [5, 5.41) is 9.98. The normalized spacial score (nSPS) is 9.78. The highest BCUT2D eigenvalue weighted by Gasteiger charge is 2.04. The highest BCUT2D eigenvalue weighted by Crippen LogP contribution is 2.14. The molecule has 0 unspecified atom stereocenters. The van der Waals surface area contributed by atoms with E-state index < -0.39 is 0 Å². The van der Waals surface area contributed by atoms with Gasteiger partial charge in [0.05, 0.1) is 17.3 Å². The molecule has 88 valence electrons. The van der Waals surface area contributed by atoms with E-state index in [2.05, 4.69) is 6.07 Å². The van der Waals surface area contributed by atoms with Crippen molar-refractivity contribution in [1.29, 1.82) is 5.26 Å². The van der Waals surface area contributed by atoms with E-state index in [0.29, 0.717) is 17.8 Å². The molecule has 0 saturated carbocycles. The highest BCUT2D eigenvalue weighted by atomic mass is 15.4. The average Bonchev–Trinajstić information content (AvgIpc) is 2.46. The van der Waals surface area contributed by atoms with Crippen molar-refractivity contribution in [3.63, 3.8) is 0 Å². The molecule has 2 rings (SSSR count). The Morgan fingerprint density at radius 3 is 2.50 bits per heavy atom. The number of rotatable bonds is 4. The quantitative estimate of drug-likeness (QED) is 0.765. The summed E-state index contributed by atoms with van der Waals surface area (Å²) in [6, 6.07) is 19.0. The molecular formula is C15H13N3. The standard InChI is InChI=1S/C15H13N3/c16-12-14-7-4-8-15(11-14)18(17)10-9-13-5-2-1-3-6-13/h1-8,11H,9-10H2. The summed E-state index contributed by atoms with van der Waals surface area (Å²) in [5.41, 5.74) is 2.37. The van der Waals surface area contributed by atoms with Crippen molar-refractivity contribution in [2.24, 2.45) is 0 Å². The molecule has 0 aromatic heterocycles. The fourth-order valence-electron chi connectivity index (χ4n) is 1.74. The van der Waals surface area contributed by atoms with Crippen LogP contribution in [0.3, 0.4) is 0 Å². The van der Waals surface area contributed by atoms with Gasteiger partial charge in [0.2, 0.25) is 0 Å². The van der Waals surface area contributed by atoms with Gasteiger partial charge in [0.15, 0.2) is 0 Å². The van der Waals surface area contributed by atoms with Gasteiger partial charge in [-0.05, 0) is 36.0 Å². The Morgan fingerprint density at radius 2 is 1.78 bits per heavy atom. The maximum atomic E-state index is 9.93. The molecule has 0 aliphatic rings. The molecule has 3 heteroatoms. The van der Waals surface area contributed by atoms with Crippen LogP contribution in [0.5, 0.6) is 0 Å². The number of nitrogens with zero attached hydrogens (tertiary/aromatic N) is 3. The molecule has 0 N–H and O–H groups in total. The molecule has 0 atom stereocenters. The Kier molecular flexibility index (Phi) is 3.95. The number of hydrogen-bond donors (Lipinski definition) is 0. The molecule has 0 aliphatic carbocycles. The molecular weight excluding hydrogens is 222 g/mol. The molecule has 0 aliphatic heterocycles. The van der Waals surface area contributed by atoms with Crippen molar-refractivity contribution in [2.45, 2.75) is 6.42 Å². The van der Waals surface area contributed by atoms with Crippen LogP contribution in [0.15, 0.2) is 54.6 Å². The lowest BCUT2D eigenvalue weighted by atomic mass is 10.1. The van der Waals surface area contributed by atoms with E-state index in [9.17, 15) is 5.84 Å². The third-order valence-corrected chi connectivity index (χ3v) is 2.73. The van der Waals surface area contributed by atoms with Gasteiger partial charge in [0.25, 0.3) is 0 Å². The molecule has 0 amide bonds. The third-order valence-electron chi connectivity index (χ3n) is 2.73. The summed E-state index contributed by atoms with van der Waals surface area (Å²) < 4.78 is 0. The van der Waals surface area contributed by atoms with Crippen LogP contribution in [-0.4, -0.2) is 6.54 Å². The first-order chi connectivity index (χ1) is 8.79. The van der Waals surface area contributed by atoms with Gasteiger partial charge in [-0.1, -0.05) is 36.4 Å². The van der Waals surface area contributed by atoms with Gasteiger partial charge < -0.3 is 0 Å². The van der Waals surface area contributed by atoms with Crippen LogP contribution in [0.4, 0.5) is 5.69 Å². The molecule has 3 nitrogen and oxygen atoms in total. The van der Waals surface area contributed by atoms with E-state index >= 15 is 0 Å². The topological polar surface area (TPSA) is 49.3 Å². The third kappa shape index (κ3) is 3.09. The zero-order valence-corrected chi connectivity index (χ0v) is 9.95. The van der Waals surface area contributed by atoms with Crippen molar-refractivity contribution < 1.29 is 0 Å². The van der Waals surface area contributed by atoms with Gasteiger partial charge in [0.1, 0.15) is 0 Å². The van der Waals surface area contributed by atoms with E-state index in [1.165, 1.54) is 10.6 Å². The molecule has 0 saturated heterocycles. The van der Waals surface area contributed by atoms with Crippen LogP contribution in [0.2, 0.25) is 0 Å². The average molecular weight is 235 g/mol. The largest absolute Gasteiger partial charge is 0.272 e. The van der Waals surface area contributed by atoms with Crippen molar-refractivity contribution in [2.75, 3.05) is 11.6 Å². The second kappa shape index (κ2) is 5.85. The minimum Gasteiger partial charge on any atom is -0.272 e. The molecule has 18 heavy (non-hydrogen) atoms. The van der Waals surface area contributed by atoms with Gasteiger partial charge in [-0.15, -0.1) is 0 Å². The number of anilines is 1. The molecule has 0 heterocycles. The fourth-order valence-corrected chi connectivity index (χ4v) is 1.74. The minimum absolute atomic E-state index is 0.499. The lowest BCUT2D eigenvalue weighted by molar-refractivity contribution is 0.803. The Bertz CT molecular complexity index is 543. The Balaban J connectivity index is 1.99. The maximum Gasteiger partial charge on any atom is 0.0992 e. The summed E-state index contributed by atoms with van der Waals surface area (Å²) in [6.45, 7) is 0.499. The van der Waals surface area contributed by atoms with Crippen molar-refractivity contribution >= 4 is 5.69 Å². The zero-order chi connectivity index (χ0) is 12.8. The van der Waals surface area contributed by atoms with Crippen LogP contribution in [-0.2, 0) is 6.42 Å². The van der Waals surface area contributed by atoms with E-state index in [1.807, 2.05) is 30.3 Å². The van der Waals surface area contributed by atoms with E-state index in [-0.39, 0.29) is 0 Å². The lowest BCUT2D eigenvalue weighted by Crippen LogP contribution is -2.23. The maximum absolute atomic E-state index is 9.93. The summed E-state index contributed by atoms with van der Waals surface area (Å²) in [6.07, 6.45) is 0.758. The van der Waals surface area contributed by atoms with Crippen molar-refractivity contribution in [3.8, 4) is 6.07 Å². The Labute approximate surface area is 107 Å².